The molecule has 1 rings (SSSR count). The number of nitrogens with zero attached hydrogens (tertiary/aromatic N) is 2. The molecule has 1 unspecified atom stereocenters. The number of ketones is 1. The van der Waals surface area contributed by atoms with Crippen molar-refractivity contribution < 1.29 is 4.79 Å². The Morgan fingerprint density at radius 3 is 2.61 bits per heavy atom. The lowest BCUT2D eigenvalue weighted by atomic mass is 9.83. The molecule has 0 spiro atoms. The van der Waals surface area contributed by atoms with E-state index in [4.69, 9.17) is 0 Å². The van der Waals surface area contributed by atoms with Gasteiger partial charge in [-0.2, -0.15) is 5.10 Å². The summed E-state index contributed by atoms with van der Waals surface area (Å²) < 4.78 is 1.78. The molecule has 0 aromatic carbocycles. The normalized spacial score (nSPS) is 13.6. The second-order valence-electron chi connectivity index (χ2n) is 6.64. The summed E-state index contributed by atoms with van der Waals surface area (Å²) in [5.41, 5.74) is 1.46. The van der Waals surface area contributed by atoms with E-state index < -0.39 is 0 Å². The molecule has 0 radical (unpaired) electrons. The molecule has 0 N–H and O–H groups in total. The Morgan fingerprint density at radius 2 is 2.11 bits per heavy atom. The molecular weight excluding hydrogens is 224 g/mol. The minimum Gasteiger partial charge on any atom is -0.300 e. The van der Waals surface area contributed by atoms with Gasteiger partial charge in [0.05, 0.1) is 6.20 Å². The molecule has 0 saturated carbocycles. The predicted octanol–water partition coefficient (Wildman–Crippen LogP) is 3.38. The molecule has 1 aromatic heterocycles. The summed E-state index contributed by atoms with van der Waals surface area (Å²) in [6, 6.07) is 0. The summed E-state index contributed by atoms with van der Waals surface area (Å²) in [6.45, 7) is 8.85. The largest absolute Gasteiger partial charge is 0.300 e. The first-order chi connectivity index (χ1) is 8.26. The van der Waals surface area contributed by atoms with E-state index in [9.17, 15) is 4.79 Å². The standard InChI is InChI=1S/C15H26N2O/c1-12(9-15(2,3)4)8-14(18)7-6-13-10-16-17(5)11-13/h10-12H,6-9H2,1-5H3. The van der Waals surface area contributed by atoms with Crippen LogP contribution in [0, 0.1) is 11.3 Å². The molecule has 0 aliphatic carbocycles. The quantitative estimate of drug-likeness (QED) is 0.775. The highest BCUT2D eigenvalue weighted by atomic mass is 16.1. The van der Waals surface area contributed by atoms with Crippen LogP contribution in [0.2, 0.25) is 0 Å². The molecule has 18 heavy (non-hydrogen) atoms. The first-order valence-electron chi connectivity index (χ1n) is 6.75. The van der Waals surface area contributed by atoms with E-state index >= 15 is 0 Å². The average molecular weight is 250 g/mol. The van der Waals surface area contributed by atoms with Gasteiger partial charge in [0, 0.05) is 26.1 Å². The molecule has 3 nitrogen and oxygen atoms in total. The van der Waals surface area contributed by atoms with Gasteiger partial charge in [-0.05, 0) is 29.7 Å². The van der Waals surface area contributed by atoms with E-state index in [0.29, 0.717) is 30.0 Å². The molecule has 1 heterocycles. The molecule has 0 bridgehead atoms. The van der Waals surface area contributed by atoms with Gasteiger partial charge in [-0.1, -0.05) is 27.7 Å². The number of hydrogen-bond donors (Lipinski definition) is 0. The lowest BCUT2D eigenvalue weighted by Crippen LogP contribution is -2.14. The van der Waals surface area contributed by atoms with Crippen LogP contribution in [0.25, 0.3) is 0 Å². The third-order valence-electron chi connectivity index (χ3n) is 2.99. The minimum absolute atomic E-state index is 0.309. The zero-order valence-electron chi connectivity index (χ0n) is 12.4. The van der Waals surface area contributed by atoms with E-state index in [-0.39, 0.29) is 0 Å². The summed E-state index contributed by atoms with van der Waals surface area (Å²) in [7, 11) is 1.90. The van der Waals surface area contributed by atoms with Gasteiger partial charge in [-0.25, -0.2) is 0 Å². The van der Waals surface area contributed by atoms with Gasteiger partial charge in [-0.15, -0.1) is 0 Å². The third kappa shape index (κ3) is 5.99. The minimum atomic E-state index is 0.309. The van der Waals surface area contributed by atoms with Gasteiger partial charge in [0.25, 0.3) is 0 Å². The van der Waals surface area contributed by atoms with Crippen LogP contribution in [0.3, 0.4) is 0 Å². The van der Waals surface area contributed by atoms with Gasteiger partial charge in [0.15, 0.2) is 0 Å². The van der Waals surface area contributed by atoms with Crippen LogP contribution in [-0.2, 0) is 18.3 Å². The number of aryl methyl sites for hydroxylation is 2. The molecule has 0 aliphatic heterocycles. The number of carbonyl (C=O) groups is 1. The van der Waals surface area contributed by atoms with Crippen molar-refractivity contribution in [2.75, 3.05) is 0 Å². The van der Waals surface area contributed by atoms with Crippen LogP contribution in [0.4, 0.5) is 0 Å². The Kier molecular flexibility index (Phi) is 5.12. The molecule has 102 valence electrons. The fourth-order valence-electron chi connectivity index (χ4n) is 2.49. The maximum absolute atomic E-state index is 11.9. The van der Waals surface area contributed by atoms with Gasteiger partial charge in [0.1, 0.15) is 5.78 Å². The molecule has 0 saturated heterocycles. The van der Waals surface area contributed by atoms with Crippen molar-refractivity contribution in [3.8, 4) is 0 Å². The number of Topliss-reactive ketones (excluding diaryl/α,β-unsaturated/α-hetero) is 1. The summed E-state index contributed by atoms with van der Waals surface area (Å²) >= 11 is 0. The Bertz CT molecular complexity index is 387. The van der Waals surface area contributed by atoms with Crippen LogP contribution in [0.5, 0.6) is 0 Å². The first-order valence-corrected chi connectivity index (χ1v) is 6.75. The lowest BCUT2D eigenvalue weighted by Gasteiger charge is -2.22. The highest BCUT2D eigenvalue weighted by Gasteiger charge is 2.17. The van der Waals surface area contributed by atoms with E-state index in [2.05, 4.69) is 32.8 Å². The monoisotopic (exact) mass is 250 g/mol. The molecule has 1 atom stereocenters. The maximum Gasteiger partial charge on any atom is 0.133 e. The van der Waals surface area contributed by atoms with Crippen molar-refractivity contribution in [3.63, 3.8) is 0 Å². The van der Waals surface area contributed by atoms with Crippen molar-refractivity contribution in [1.29, 1.82) is 0 Å². The summed E-state index contributed by atoms with van der Waals surface area (Å²) in [5, 5.41) is 4.11. The van der Waals surface area contributed by atoms with Crippen molar-refractivity contribution in [3.05, 3.63) is 18.0 Å². The smallest absolute Gasteiger partial charge is 0.133 e. The van der Waals surface area contributed by atoms with Crippen molar-refractivity contribution >= 4 is 5.78 Å². The fraction of sp³-hybridized carbons (Fsp3) is 0.733. The summed E-state index contributed by atoms with van der Waals surface area (Å²) in [5.74, 6) is 0.849. The predicted molar refractivity (Wildman–Crippen MR) is 74.4 cm³/mol. The van der Waals surface area contributed by atoms with E-state index in [1.807, 2.05) is 19.4 Å². The molecule has 1 aromatic rings. The summed E-state index contributed by atoms with van der Waals surface area (Å²) in [4.78, 5) is 11.9. The zero-order chi connectivity index (χ0) is 13.8. The van der Waals surface area contributed by atoms with Crippen LogP contribution >= 0.6 is 0 Å². The molecule has 0 aliphatic rings. The second kappa shape index (κ2) is 6.17. The Labute approximate surface area is 111 Å². The second-order valence-corrected chi connectivity index (χ2v) is 6.64. The number of aromatic nitrogens is 2. The van der Waals surface area contributed by atoms with E-state index in [1.54, 1.807) is 4.68 Å². The molecule has 0 amide bonds. The lowest BCUT2D eigenvalue weighted by molar-refractivity contribution is -0.120. The number of hydrogen-bond acceptors (Lipinski definition) is 2. The van der Waals surface area contributed by atoms with Crippen molar-refractivity contribution in [2.45, 2.75) is 53.4 Å². The number of rotatable bonds is 6. The Balaban J connectivity index is 2.29. The van der Waals surface area contributed by atoms with E-state index in [1.165, 1.54) is 0 Å². The number of carbonyl (C=O) groups excluding carboxylic acids is 1. The molecular formula is C15H26N2O. The van der Waals surface area contributed by atoms with Crippen LogP contribution < -0.4 is 0 Å². The fourth-order valence-corrected chi connectivity index (χ4v) is 2.49. The van der Waals surface area contributed by atoms with Gasteiger partial charge in [-0.3, -0.25) is 9.48 Å². The van der Waals surface area contributed by atoms with Gasteiger partial charge < -0.3 is 0 Å². The summed E-state index contributed by atoms with van der Waals surface area (Å²) in [6.07, 6.45) is 7.08. The maximum atomic E-state index is 11.9. The van der Waals surface area contributed by atoms with Crippen LogP contribution in [-0.4, -0.2) is 15.6 Å². The molecule has 3 heteroatoms. The zero-order valence-corrected chi connectivity index (χ0v) is 12.4. The first kappa shape index (κ1) is 14.9. The average Bonchev–Trinajstić information content (AvgIpc) is 2.58. The Morgan fingerprint density at radius 1 is 1.44 bits per heavy atom. The van der Waals surface area contributed by atoms with Crippen LogP contribution in [0.15, 0.2) is 12.4 Å². The highest BCUT2D eigenvalue weighted by molar-refractivity contribution is 5.78. The van der Waals surface area contributed by atoms with Crippen molar-refractivity contribution in [1.82, 2.24) is 9.78 Å². The Hall–Kier alpha value is -1.12. The van der Waals surface area contributed by atoms with E-state index in [0.717, 1.165) is 18.4 Å². The molecule has 0 fully saturated rings. The highest BCUT2D eigenvalue weighted by Crippen LogP contribution is 2.26. The third-order valence-corrected chi connectivity index (χ3v) is 2.99. The van der Waals surface area contributed by atoms with Crippen molar-refractivity contribution in [2.24, 2.45) is 18.4 Å². The topological polar surface area (TPSA) is 34.9 Å². The van der Waals surface area contributed by atoms with Gasteiger partial charge in [0.2, 0.25) is 0 Å². The van der Waals surface area contributed by atoms with Gasteiger partial charge >= 0.3 is 0 Å². The van der Waals surface area contributed by atoms with Crippen LogP contribution in [0.1, 0.15) is 52.5 Å². The SMILES string of the molecule is CC(CC(=O)CCc1cnn(C)c1)CC(C)(C)C.